The molecule has 31 heavy (non-hydrogen) atoms. The lowest BCUT2D eigenvalue weighted by molar-refractivity contribution is 0.590. The molecule has 0 saturated heterocycles. The summed E-state index contributed by atoms with van der Waals surface area (Å²) < 4.78 is 26.4. The van der Waals surface area contributed by atoms with Gasteiger partial charge in [-0.1, -0.05) is 90.5 Å². The Morgan fingerprint density at radius 2 is 1.16 bits per heavy atom. The van der Waals surface area contributed by atoms with Crippen LogP contribution in [0.4, 0.5) is 0 Å². The highest BCUT2D eigenvalue weighted by Crippen LogP contribution is 2.31. The first kappa shape index (κ1) is 26.3. The molecular weight excluding hydrogens is 404 g/mol. The number of rotatable bonds is 5. The van der Waals surface area contributed by atoms with E-state index < -0.39 is 15.1 Å². The highest BCUT2D eigenvalue weighted by molar-refractivity contribution is 7.91. The van der Waals surface area contributed by atoms with Crippen LogP contribution in [-0.4, -0.2) is 36.6 Å². The summed E-state index contributed by atoms with van der Waals surface area (Å²) in [6.07, 6.45) is 3.63. The van der Waals surface area contributed by atoms with E-state index in [1.54, 1.807) is 18.2 Å². The number of aryl methyl sites for hydroxylation is 1. The van der Waals surface area contributed by atoms with Crippen molar-refractivity contribution in [1.29, 1.82) is 0 Å². The summed E-state index contributed by atoms with van der Waals surface area (Å²) in [6, 6.07) is 26.1. The summed E-state index contributed by atoms with van der Waals surface area (Å²) >= 11 is 0. The summed E-state index contributed by atoms with van der Waals surface area (Å²) in [5.41, 5.74) is 2.77. The van der Waals surface area contributed by atoms with Crippen LogP contribution in [0.1, 0.15) is 21.9 Å². The molecule has 5 heteroatoms. The van der Waals surface area contributed by atoms with Crippen molar-refractivity contribution < 1.29 is 8.42 Å². The van der Waals surface area contributed by atoms with Crippen molar-refractivity contribution in [2.24, 2.45) is 0 Å². The minimum Gasteiger partial charge on any atom is -0.323 e. The lowest BCUT2D eigenvalue weighted by Crippen LogP contribution is -2.12. The molecule has 0 amide bonds. The van der Waals surface area contributed by atoms with Gasteiger partial charge >= 0.3 is 0 Å². The van der Waals surface area contributed by atoms with Crippen molar-refractivity contribution in [2.75, 3.05) is 28.2 Å². The third kappa shape index (κ3) is 8.89. The molecule has 166 valence electrons. The van der Waals surface area contributed by atoms with Gasteiger partial charge in [0, 0.05) is 0 Å². The molecule has 3 aromatic carbocycles. The molecule has 2 N–H and O–H groups in total. The maximum atomic E-state index is 13.2. The van der Waals surface area contributed by atoms with E-state index in [-0.39, 0.29) is 0 Å². The predicted molar refractivity (Wildman–Crippen MR) is 133 cm³/mol. The third-order valence-electron chi connectivity index (χ3n) is 4.07. The number of hydrogen-bond donors (Lipinski definition) is 2. The van der Waals surface area contributed by atoms with Crippen LogP contribution >= 0.6 is 0 Å². The zero-order chi connectivity index (χ0) is 23.1. The zero-order valence-electron chi connectivity index (χ0n) is 19.0. The normalized spacial score (nSPS) is 11.6. The van der Waals surface area contributed by atoms with Gasteiger partial charge in [0.05, 0.1) is 4.90 Å². The van der Waals surface area contributed by atoms with Gasteiger partial charge in [0.2, 0.25) is 0 Å². The number of nitrogens with one attached hydrogen (secondary N) is 2. The minimum absolute atomic E-state index is 0.338. The zero-order valence-corrected chi connectivity index (χ0v) is 19.9. The number of sulfone groups is 1. The van der Waals surface area contributed by atoms with Crippen molar-refractivity contribution in [3.05, 3.63) is 108 Å². The molecule has 3 aromatic rings. The van der Waals surface area contributed by atoms with Crippen LogP contribution in [0.15, 0.2) is 95.9 Å². The second kappa shape index (κ2) is 14.3. The van der Waals surface area contributed by atoms with Gasteiger partial charge in [-0.15, -0.1) is 0 Å². The van der Waals surface area contributed by atoms with E-state index in [9.17, 15) is 8.42 Å². The van der Waals surface area contributed by atoms with Crippen molar-refractivity contribution in [1.82, 2.24) is 10.6 Å². The molecule has 0 saturated carbocycles. The summed E-state index contributed by atoms with van der Waals surface area (Å²) in [4.78, 5) is 0.338. The van der Waals surface area contributed by atoms with E-state index in [1.807, 2.05) is 114 Å². The lowest BCUT2D eigenvalue weighted by atomic mass is 10.1. The summed E-state index contributed by atoms with van der Waals surface area (Å²) in [7, 11) is 3.97. The summed E-state index contributed by atoms with van der Waals surface area (Å²) in [6.45, 7) is 1.94. The SMILES string of the molecule is CNC.CNC.Cc1ccc(S(=O)(=O)C(C=Cc2ccccc2)c2ccccc2)cc1. The van der Waals surface area contributed by atoms with Gasteiger partial charge in [-0.2, -0.15) is 0 Å². The Labute approximate surface area is 188 Å². The molecule has 0 aliphatic carbocycles. The molecule has 3 rings (SSSR count). The predicted octanol–water partition coefficient (Wildman–Crippen LogP) is 4.89. The van der Waals surface area contributed by atoms with Crippen molar-refractivity contribution >= 4 is 15.9 Å². The standard InChI is InChI=1S/C22H20O2S.2C2H7N/c1-18-12-15-21(16-13-18)25(23,24)22(20-10-6-3-7-11-20)17-14-19-8-4-2-5-9-19;2*1-3-2/h2-17,22H,1H3;2*3H,1-2H3. The van der Waals surface area contributed by atoms with E-state index in [4.69, 9.17) is 0 Å². The first-order valence-electron chi connectivity index (χ1n) is 10.2. The van der Waals surface area contributed by atoms with E-state index in [0.717, 1.165) is 16.7 Å². The molecule has 0 aliphatic rings. The van der Waals surface area contributed by atoms with Crippen molar-refractivity contribution in [3.8, 4) is 0 Å². The van der Waals surface area contributed by atoms with E-state index in [0.29, 0.717) is 4.90 Å². The first-order valence-corrected chi connectivity index (χ1v) is 11.7. The topological polar surface area (TPSA) is 58.2 Å². The largest absolute Gasteiger partial charge is 0.323 e. The Morgan fingerprint density at radius 1 is 0.710 bits per heavy atom. The van der Waals surface area contributed by atoms with Gasteiger partial charge in [-0.3, -0.25) is 0 Å². The van der Waals surface area contributed by atoms with Gasteiger partial charge in [0.1, 0.15) is 5.25 Å². The Hall–Kier alpha value is -2.73. The van der Waals surface area contributed by atoms with Gasteiger partial charge in [0.25, 0.3) is 0 Å². The lowest BCUT2D eigenvalue weighted by Gasteiger charge is -2.15. The van der Waals surface area contributed by atoms with Gasteiger partial charge in [-0.05, 0) is 58.4 Å². The minimum atomic E-state index is -3.53. The Balaban J connectivity index is 0.000000720. The fourth-order valence-electron chi connectivity index (χ4n) is 2.67. The van der Waals surface area contributed by atoms with Gasteiger partial charge in [0.15, 0.2) is 9.84 Å². The van der Waals surface area contributed by atoms with Crippen LogP contribution < -0.4 is 10.6 Å². The second-order valence-corrected chi connectivity index (χ2v) is 9.03. The van der Waals surface area contributed by atoms with Crippen molar-refractivity contribution in [2.45, 2.75) is 17.1 Å². The molecule has 0 bridgehead atoms. The Kier molecular flexibility index (Phi) is 12.1. The van der Waals surface area contributed by atoms with Crippen LogP contribution in [0.3, 0.4) is 0 Å². The quantitative estimate of drug-likeness (QED) is 0.595. The molecule has 0 aromatic heterocycles. The van der Waals surface area contributed by atoms with Crippen LogP contribution in [-0.2, 0) is 9.84 Å². The van der Waals surface area contributed by atoms with Crippen LogP contribution in [0.5, 0.6) is 0 Å². The maximum Gasteiger partial charge on any atom is 0.188 e. The molecule has 0 radical (unpaired) electrons. The molecule has 0 spiro atoms. The summed E-state index contributed by atoms with van der Waals surface area (Å²) in [5, 5.41) is 4.77. The van der Waals surface area contributed by atoms with Crippen LogP contribution in [0.25, 0.3) is 6.08 Å². The van der Waals surface area contributed by atoms with E-state index in [1.165, 1.54) is 0 Å². The first-order chi connectivity index (χ1) is 14.9. The van der Waals surface area contributed by atoms with E-state index in [2.05, 4.69) is 10.6 Å². The maximum absolute atomic E-state index is 13.2. The second-order valence-electron chi connectivity index (χ2n) is 6.96. The number of benzene rings is 3. The summed E-state index contributed by atoms with van der Waals surface area (Å²) in [5.74, 6) is 0. The highest BCUT2D eigenvalue weighted by Gasteiger charge is 2.26. The number of hydrogen-bond acceptors (Lipinski definition) is 4. The fraction of sp³-hybridized carbons (Fsp3) is 0.231. The van der Waals surface area contributed by atoms with Gasteiger partial charge < -0.3 is 10.6 Å². The Bertz CT molecular complexity index is 983. The molecule has 1 unspecified atom stereocenters. The average Bonchev–Trinajstić information content (AvgIpc) is 2.77. The average molecular weight is 439 g/mol. The fourth-order valence-corrected chi connectivity index (χ4v) is 4.28. The molecule has 0 fully saturated rings. The van der Waals surface area contributed by atoms with E-state index >= 15 is 0 Å². The molecule has 4 nitrogen and oxygen atoms in total. The molecular formula is C26H34N2O2S. The smallest absolute Gasteiger partial charge is 0.188 e. The molecule has 1 atom stereocenters. The van der Waals surface area contributed by atoms with Crippen LogP contribution in [0.2, 0.25) is 0 Å². The van der Waals surface area contributed by atoms with Crippen LogP contribution in [0, 0.1) is 6.92 Å². The van der Waals surface area contributed by atoms with Crippen molar-refractivity contribution in [3.63, 3.8) is 0 Å². The monoisotopic (exact) mass is 438 g/mol. The molecule has 0 aliphatic heterocycles. The Morgan fingerprint density at radius 3 is 1.65 bits per heavy atom. The molecule has 0 heterocycles. The van der Waals surface area contributed by atoms with Gasteiger partial charge in [-0.25, -0.2) is 8.42 Å². The highest BCUT2D eigenvalue weighted by atomic mass is 32.2. The third-order valence-corrected chi connectivity index (χ3v) is 6.10.